The van der Waals surface area contributed by atoms with Gasteiger partial charge in [-0.05, 0) is 29.3 Å². The van der Waals surface area contributed by atoms with Crippen molar-refractivity contribution in [3.8, 4) is 11.8 Å². The predicted molar refractivity (Wildman–Crippen MR) is 86.0 cm³/mol. The first-order valence-corrected chi connectivity index (χ1v) is 7.01. The molecule has 0 radical (unpaired) electrons. The van der Waals surface area contributed by atoms with E-state index in [2.05, 4.69) is 0 Å². The highest BCUT2D eigenvalue weighted by atomic mass is 16.5. The number of hydrogen-bond donors (Lipinski definition) is 0. The van der Waals surface area contributed by atoms with Crippen LogP contribution >= 0.6 is 0 Å². The molecular formula is C19H13NO3. The summed E-state index contributed by atoms with van der Waals surface area (Å²) >= 11 is 0. The van der Waals surface area contributed by atoms with E-state index in [4.69, 9.17) is 9.47 Å². The molecule has 1 heterocycles. The molecule has 4 heteroatoms. The molecule has 0 unspecified atom stereocenters. The van der Waals surface area contributed by atoms with Crippen molar-refractivity contribution in [1.82, 2.24) is 0 Å². The third-order valence-corrected chi connectivity index (χ3v) is 3.49. The molecular weight excluding hydrogens is 290 g/mol. The van der Waals surface area contributed by atoms with Crippen LogP contribution < -0.4 is 4.74 Å². The van der Waals surface area contributed by atoms with E-state index >= 15 is 0 Å². The lowest BCUT2D eigenvalue weighted by Crippen LogP contribution is -1.96. The van der Waals surface area contributed by atoms with Gasteiger partial charge in [0.1, 0.15) is 23.2 Å². The molecule has 23 heavy (non-hydrogen) atoms. The van der Waals surface area contributed by atoms with Gasteiger partial charge in [0.2, 0.25) is 0 Å². The summed E-state index contributed by atoms with van der Waals surface area (Å²) in [5, 5.41) is 9.27. The van der Waals surface area contributed by atoms with E-state index in [0.717, 1.165) is 16.9 Å². The van der Waals surface area contributed by atoms with Gasteiger partial charge in [-0.1, -0.05) is 42.5 Å². The lowest BCUT2D eigenvalue weighted by atomic mass is 9.99. The van der Waals surface area contributed by atoms with Crippen LogP contribution in [0.25, 0.3) is 11.6 Å². The largest absolute Gasteiger partial charge is 0.497 e. The lowest BCUT2D eigenvalue weighted by Gasteiger charge is -2.05. The van der Waals surface area contributed by atoms with Crippen molar-refractivity contribution in [1.29, 1.82) is 5.26 Å². The second kappa shape index (κ2) is 6.20. The Balaban J connectivity index is 2.07. The molecule has 1 aliphatic rings. The van der Waals surface area contributed by atoms with Gasteiger partial charge in [0, 0.05) is 5.57 Å². The lowest BCUT2D eigenvalue weighted by molar-refractivity contribution is -0.132. The summed E-state index contributed by atoms with van der Waals surface area (Å²) in [4.78, 5) is 11.9. The van der Waals surface area contributed by atoms with Gasteiger partial charge < -0.3 is 9.47 Å². The Morgan fingerprint density at radius 1 is 1.09 bits per heavy atom. The highest BCUT2D eigenvalue weighted by molar-refractivity contribution is 6.11. The summed E-state index contributed by atoms with van der Waals surface area (Å²) in [5.74, 6) is 0.501. The number of cyclic esters (lactones) is 1. The fraction of sp³-hybridized carbons (Fsp3) is 0.0526. The molecule has 0 spiro atoms. The third-order valence-electron chi connectivity index (χ3n) is 3.49. The number of rotatable bonds is 3. The number of esters is 1. The molecule has 1 aliphatic heterocycles. The van der Waals surface area contributed by atoms with Gasteiger partial charge >= 0.3 is 5.97 Å². The molecule has 0 atom stereocenters. The van der Waals surface area contributed by atoms with Crippen LogP contribution in [0.3, 0.4) is 0 Å². The Kier molecular flexibility index (Phi) is 3.94. The monoisotopic (exact) mass is 303 g/mol. The topological polar surface area (TPSA) is 59.3 Å². The van der Waals surface area contributed by atoms with Gasteiger partial charge in [0.25, 0.3) is 0 Å². The standard InChI is InChI=1S/C19H13NO3/c1-22-15-9-7-13(8-10-15)11-17-18(14-5-3-2-4-6-14)16(12-20)19(21)23-17/h2-11H,1H3/b17-11-. The molecule has 0 amide bonds. The molecule has 4 nitrogen and oxygen atoms in total. The number of ether oxygens (including phenoxy) is 2. The summed E-state index contributed by atoms with van der Waals surface area (Å²) < 4.78 is 10.4. The fourth-order valence-corrected chi connectivity index (χ4v) is 2.37. The summed E-state index contributed by atoms with van der Waals surface area (Å²) in [7, 11) is 1.60. The Morgan fingerprint density at radius 3 is 2.39 bits per heavy atom. The molecule has 0 fully saturated rings. The molecule has 2 aromatic carbocycles. The number of allylic oxidation sites excluding steroid dienone is 1. The Hall–Kier alpha value is -3.32. The number of methoxy groups -OCH3 is 1. The number of nitrogens with zero attached hydrogens (tertiary/aromatic N) is 1. The third kappa shape index (κ3) is 2.85. The van der Waals surface area contributed by atoms with Crippen molar-refractivity contribution in [3.05, 3.63) is 77.1 Å². The van der Waals surface area contributed by atoms with Crippen molar-refractivity contribution in [2.45, 2.75) is 0 Å². The second-order valence-electron chi connectivity index (χ2n) is 4.90. The number of benzene rings is 2. The van der Waals surface area contributed by atoms with Crippen LogP contribution in [0.2, 0.25) is 0 Å². The van der Waals surface area contributed by atoms with E-state index in [0.29, 0.717) is 11.3 Å². The number of hydrogen-bond acceptors (Lipinski definition) is 4. The minimum absolute atomic E-state index is 0.0240. The van der Waals surface area contributed by atoms with Gasteiger partial charge in [0.15, 0.2) is 0 Å². The van der Waals surface area contributed by atoms with E-state index in [-0.39, 0.29) is 5.57 Å². The second-order valence-corrected chi connectivity index (χ2v) is 4.90. The van der Waals surface area contributed by atoms with Gasteiger partial charge in [-0.25, -0.2) is 4.79 Å². The van der Waals surface area contributed by atoms with E-state index < -0.39 is 5.97 Å². The fourth-order valence-electron chi connectivity index (χ4n) is 2.37. The molecule has 3 rings (SSSR count). The Morgan fingerprint density at radius 2 is 1.78 bits per heavy atom. The molecule has 0 saturated heterocycles. The average molecular weight is 303 g/mol. The zero-order valence-electron chi connectivity index (χ0n) is 12.4. The minimum Gasteiger partial charge on any atom is -0.497 e. The van der Waals surface area contributed by atoms with Crippen LogP contribution in [0.15, 0.2) is 65.9 Å². The summed E-state index contributed by atoms with van der Waals surface area (Å²) in [6.07, 6.45) is 1.74. The van der Waals surface area contributed by atoms with Crippen molar-refractivity contribution < 1.29 is 14.3 Å². The maximum Gasteiger partial charge on any atom is 0.355 e. The zero-order chi connectivity index (χ0) is 16.2. The van der Waals surface area contributed by atoms with Crippen LogP contribution in [0.4, 0.5) is 0 Å². The van der Waals surface area contributed by atoms with Crippen LogP contribution in [0.5, 0.6) is 5.75 Å². The smallest absolute Gasteiger partial charge is 0.355 e. The molecule has 2 aromatic rings. The number of nitriles is 1. The van der Waals surface area contributed by atoms with Crippen LogP contribution in [0.1, 0.15) is 11.1 Å². The minimum atomic E-state index is -0.619. The quantitative estimate of drug-likeness (QED) is 0.813. The average Bonchev–Trinajstić information content (AvgIpc) is 2.91. The summed E-state index contributed by atoms with van der Waals surface area (Å²) in [5.41, 5.74) is 2.17. The predicted octanol–water partition coefficient (Wildman–Crippen LogP) is 3.57. The van der Waals surface area contributed by atoms with E-state index in [1.54, 1.807) is 13.2 Å². The van der Waals surface area contributed by atoms with Gasteiger partial charge in [-0.15, -0.1) is 0 Å². The van der Waals surface area contributed by atoms with Crippen LogP contribution in [0, 0.1) is 11.3 Å². The van der Waals surface area contributed by atoms with E-state index in [1.165, 1.54) is 0 Å². The highest BCUT2D eigenvalue weighted by Crippen LogP contribution is 2.35. The molecule has 0 bridgehead atoms. The van der Waals surface area contributed by atoms with Crippen molar-refractivity contribution in [2.75, 3.05) is 7.11 Å². The molecule has 0 N–H and O–H groups in total. The van der Waals surface area contributed by atoms with Crippen molar-refractivity contribution in [2.24, 2.45) is 0 Å². The van der Waals surface area contributed by atoms with E-state index in [9.17, 15) is 10.1 Å². The van der Waals surface area contributed by atoms with Crippen LogP contribution in [-0.4, -0.2) is 13.1 Å². The highest BCUT2D eigenvalue weighted by Gasteiger charge is 2.30. The normalized spacial score (nSPS) is 15.5. The van der Waals surface area contributed by atoms with Crippen LogP contribution in [-0.2, 0) is 9.53 Å². The van der Waals surface area contributed by atoms with E-state index in [1.807, 2.05) is 60.7 Å². The molecule has 0 saturated carbocycles. The maximum absolute atomic E-state index is 11.9. The first-order valence-electron chi connectivity index (χ1n) is 7.01. The Bertz CT molecular complexity index is 840. The van der Waals surface area contributed by atoms with Crippen molar-refractivity contribution in [3.63, 3.8) is 0 Å². The maximum atomic E-state index is 11.9. The van der Waals surface area contributed by atoms with Gasteiger partial charge in [0.05, 0.1) is 7.11 Å². The zero-order valence-corrected chi connectivity index (χ0v) is 12.4. The summed E-state index contributed by atoms with van der Waals surface area (Å²) in [6.45, 7) is 0. The summed E-state index contributed by atoms with van der Waals surface area (Å²) in [6, 6.07) is 18.6. The first-order chi connectivity index (χ1) is 11.2. The first kappa shape index (κ1) is 14.6. The molecule has 0 aromatic heterocycles. The number of carbonyl (C=O) groups is 1. The van der Waals surface area contributed by atoms with Crippen molar-refractivity contribution >= 4 is 17.6 Å². The van der Waals surface area contributed by atoms with Gasteiger partial charge in [-0.3, -0.25) is 0 Å². The van der Waals surface area contributed by atoms with Gasteiger partial charge in [-0.2, -0.15) is 5.26 Å². The number of carbonyl (C=O) groups excluding carboxylic acids is 1. The molecule has 0 aliphatic carbocycles. The Labute approximate surface area is 133 Å². The SMILES string of the molecule is COc1ccc(/C=C2\OC(=O)C(C#N)=C2c2ccccc2)cc1. The molecule has 112 valence electrons.